The van der Waals surface area contributed by atoms with Gasteiger partial charge in [0.15, 0.2) is 0 Å². The number of anilines is 1. The maximum absolute atomic E-state index is 12.4. The van der Waals surface area contributed by atoms with Crippen molar-refractivity contribution in [1.29, 1.82) is 0 Å². The van der Waals surface area contributed by atoms with Crippen molar-refractivity contribution in [2.75, 3.05) is 12.4 Å². The maximum Gasteiger partial charge on any atom is 0.246 e. The van der Waals surface area contributed by atoms with Gasteiger partial charge in [0, 0.05) is 31.8 Å². The third-order valence-corrected chi connectivity index (χ3v) is 4.56. The summed E-state index contributed by atoms with van der Waals surface area (Å²) in [4.78, 5) is 25.2. The summed E-state index contributed by atoms with van der Waals surface area (Å²) < 4.78 is 0. The van der Waals surface area contributed by atoms with E-state index >= 15 is 0 Å². The van der Waals surface area contributed by atoms with Gasteiger partial charge < -0.3 is 10.2 Å². The molecule has 0 saturated heterocycles. The van der Waals surface area contributed by atoms with Crippen LogP contribution in [-0.2, 0) is 9.59 Å². The van der Waals surface area contributed by atoms with Crippen LogP contribution in [0.1, 0.15) is 45.1 Å². The van der Waals surface area contributed by atoms with Gasteiger partial charge in [-0.1, -0.05) is 31.9 Å². The van der Waals surface area contributed by atoms with Crippen LogP contribution in [0.5, 0.6) is 0 Å². The number of benzene rings is 1. The van der Waals surface area contributed by atoms with Crippen molar-refractivity contribution in [3.8, 4) is 0 Å². The minimum Gasteiger partial charge on any atom is -0.339 e. The van der Waals surface area contributed by atoms with E-state index in [1.54, 1.807) is 6.08 Å². The number of likely N-dealkylation sites (N-methyl/N-ethyl adjacent to an activating group) is 1. The minimum absolute atomic E-state index is 0.0506. The lowest BCUT2D eigenvalue weighted by Gasteiger charge is -2.35. The molecule has 1 saturated carbocycles. The average Bonchev–Trinajstić information content (AvgIpc) is 2.53. The highest BCUT2D eigenvalue weighted by Crippen LogP contribution is 2.27. The number of hydrogen-bond donors (Lipinski definition) is 1. The van der Waals surface area contributed by atoms with Gasteiger partial charge in [0.25, 0.3) is 0 Å². The number of carbonyl (C=O) groups is 2. The Bertz CT molecular complexity index is 578. The molecule has 1 N–H and O–H groups in total. The van der Waals surface area contributed by atoms with Crippen LogP contribution in [0, 0.1) is 5.92 Å². The zero-order valence-corrected chi connectivity index (χ0v) is 14.2. The van der Waals surface area contributed by atoms with E-state index in [0.717, 1.165) is 17.7 Å². The smallest absolute Gasteiger partial charge is 0.246 e. The lowest BCUT2D eigenvalue weighted by molar-refractivity contribution is -0.128. The first-order valence-corrected chi connectivity index (χ1v) is 8.30. The van der Waals surface area contributed by atoms with Crippen LogP contribution in [-0.4, -0.2) is 29.8 Å². The van der Waals surface area contributed by atoms with E-state index < -0.39 is 0 Å². The van der Waals surface area contributed by atoms with Gasteiger partial charge in [-0.25, -0.2) is 0 Å². The van der Waals surface area contributed by atoms with E-state index in [1.165, 1.54) is 26.2 Å². The summed E-state index contributed by atoms with van der Waals surface area (Å²) in [5, 5.41) is 2.72. The Morgan fingerprint density at radius 2 is 1.83 bits per heavy atom. The Morgan fingerprint density at radius 1 is 1.17 bits per heavy atom. The van der Waals surface area contributed by atoms with Crippen LogP contribution in [0.3, 0.4) is 0 Å². The summed E-state index contributed by atoms with van der Waals surface area (Å²) in [5.74, 6) is 0.532. The highest BCUT2D eigenvalue weighted by Gasteiger charge is 2.26. The molecule has 4 nitrogen and oxygen atoms in total. The summed E-state index contributed by atoms with van der Waals surface area (Å²) in [5.41, 5.74) is 1.70. The molecule has 0 bridgehead atoms. The molecule has 1 aliphatic rings. The summed E-state index contributed by atoms with van der Waals surface area (Å²) in [6.07, 6.45) is 8.25. The fraction of sp³-hybridized carbons (Fsp3) is 0.474. The topological polar surface area (TPSA) is 49.4 Å². The van der Waals surface area contributed by atoms with Crippen LogP contribution < -0.4 is 5.32 Å². The molecule has 0 spiro atoms. The molecule has 0 radical (unpaired) electrons. The zero-order chi connectivity index (χ0) is 16.8. The predicted molar refractivity (Wildman–Crippen MR) is 94.0 cm³/mol. The first-order valence-electron chi connectivity index (χ1n) is 8.30. The predicted octanol–water partition coefficient (Wildman–Crippen LogP) is 3.70. The lowest BCUT2D eigenvalue weighted by atomic mass is 9.85. The molecule has 0 heterocycles. The average molecular weight is 314 g/mol. The molecular formula is C19H26N2O2. The minimum atomic E-state index is -0.0910. The third kappa shape index (κ3) is 4.95. The number of nitrogens with zero attached hydrogens (tertiary/aromatic N) is 1. The maximum atomic E-state index is 12.4. The molecule has 2 unspecified atom stereocenters. The molecule has 2 atom stereocenters. The Morgan fingerprint density at radius 3 is 2.43 bits per heavy atom. The normalized spacial score (nSPS) is 21.2. The first-order chi connectivity index (χ1) is 11.0. The standard InChI is InChI=1S/C19H26N2O2/c1-14-6-4-5-7-18(14)21(3)19(23)13-10-16-8-11-17(12-9-16)20-15(2)22/h8-14,18H,4-7H2,1-3H3,(H,20,22)/b13-10+. The van der Waals surface area contributed by atoms with Gasteiger partial charge in [0.1, 0.15) is 0 Å². The van der Waals surface area contributed by atoms with E-state index in [9.17, 15) is 9.59 Å². The van der Waals surface area contributed by atoms with Crippen LogP contribution in [0.25, 0.3) is 6.08 Å². The highest BCUT2D eigenvalue weighted by molar-refractivity contribution is 5.92. The molecule has 0 aliphatic heterocycles. The van der Waals surface area contributed by atoms with Crippen molar-refractivity contribution in [3.05, 3.63) is 35.9 Å². The highest BCUT2D eigenvalue weighted by atomic mass is 16.2. The van der Waals surface area contributed by atoms with E-state index in [1.807, 2.05) is 42.3 Å². The second-order valence-electron chi connectivity index (χ2n) is 6.41. The zero-order valence-electron chi connectivity index (χ0n) is 14.2. The Balaban J connectivity index is 1.95. The fourth-order valence-corrected chi connectivity index (χ4v) is 3.20. The molecule has 2 amide bonds. The molecule has 124 valence electrons. The van der Waals surface area contributed by atoms with E-state index in [2.05, 4.69) is 12.2 Å². The summed E-state index contributed by atoms with van der Waals surface area (Å²) in [6, 6.07) is 7.79. The van der Waals surface area contributed by atoms with E-state index in [0.29, 0.717) is 12.0 Å². The second kappa shape index (κ2) is 7.95. The first kappa shape index (κ1) is 17.3. The van der Waals surface area contributed by atoms with Crippen molar-refractivity contribution in [1.82, 2.24) is 4.90 Å². The summed E-state index contributed by atoms with van der Waals surface area (Å²) in [7, 11) is 1.90. The summed E-state index contributed by atoms with van der Waals surface area (Å²) in [6.45, 7) is 3.71. The van der Waals surface area contributed by atoms with E-state index in [4.69, 9.17) is 0 Å². The van der Waals surface area contributed by atoms with Crippen molar-refractivity contribution in [2.24, 2.45) is 5.92 Å². The summed E-state index contributed by atoms with van der Waals surface area (Å²) >= 11 is 0. The molecule has 1 aromatic rings. The molecular weight excluding hydrogens is 288 g/mol. The van der Waals surface area contributed by atoms with Crippen LogP contribution in [0.2, 0.25) is 0 Å². The molecule has 23 heavy (non-hydrogen) atoms. The lowest BCUT2D eigenvalue weighted by Crippen LogP contribution is -2.41. The van der Waals surface area contributed by atoms with Crippen LogP contribution >= 0.6 is 0 Å². The van der Waals surface area contributed by atoms with Gasteiger partial charge in [-0.2, -0.15) is 0 Å². The Labute approximate surface area is 138 Å². The second-order valence-corrected chi connectivity index (χ2v) is 6.41. The van der Waals surface area contributed by atoms with Gasteiger partial charge in [0.2, 0.25) is 11.8 Å². The molecule has 1 aliphatic carbocycles. The van der Waals surface area contributed by atoms with Gasteiger partial charge in [-0.3, -0.25) is 9.59 Å². The number of hydrogen-bond acceptors (Lipinski definition) is 2. The van der Waals surface area contributed by atoms with Gasteiger partial charge in [-0.15, -0.1) is 0 Å². The van der Waals surface area contributed by atoms with Gasteiger partial charge in [-0.05, 0) is 42.5 Å². The quantitative estimate of drug-likeness (QED) is 0.862. The number of amides is 2. The molecule has 0 aromatic heterocycles. The number of carbonyl (C=O) groups excluding carboxylic acids is 2. The Kier molecular flexibility index (Phi) is 5.97. The fourth-order valence-electron chi connectivity index (χ4n) is 3.20. The Hall–Kier alpha value is -2.10. The SMILES string of the molecule is CC(=O)Nc1ccc(/C=C/C(=O)N(C)C2CCCCC2C)cc1. The van der Waals surface area contributed by atoms with Gasteiger partial charge >= 0.3 is 0 Å². The molecule has 2 rings (SSSR count). The van der Waals surface area contributed by atoms with Crippen molar-refractivity contribution in [2.45, 2.75) is 45.6 Å². The number of rotatable bonds is 4. The monoisotopic (exact) mass is 314 g/mol. The van der Waals surface area contributed by atoms with E-state index in [-0.39, 0.29) is 11.8 Å². The van der Waals surface area contributed by atoms with Gasteiger partial charge in [0.05, 0.1) is 0 Å². The van der Waals surface area contributed by atoms with Crippen molar-refractivity contribution in [3.63, 3.8) is 0 Å². The molecule has 1 fully saturated rings. The molecule has 1 aromatic carbocycles. The van der Waals surface area contributed by atoms with Crippen LogP contribution in [0.4, 0.5) is 5.69 Å². The number of nitrogens with one attached hydrogen (secondary N) is 1. The third-order valence-electron chi connectivity index (χ3n) is 4.56. The largest absolute Gasteiger partial charge is 0.339 e. The van der Waals surface area contributed by atoms with Crippen LogP contribution in [0.15, 0.2) is 30.3 Å². The molecule has 4 heteroatoms. The van der Waals surface area contributed by atoms with Crippen molar-refractivity contribution >= 4 is 23.6 Å². The van der Waals surface area contributed by atoms with Crippen molar-refractivity contribution < 1.29 is 9.59 Å².